The maximum Gasteiger partial charge on any atom is 0.408 e. The first-order valence-electron chi connectivity index (χ1n) is 14.3. The zero-order chi connectivity index (χ0) is 29.8. The summed E-state index contributed by atoms with van der Waals surface area (Å²) >= 11 is 1.61. The molecule has 1 aromatic carbocycles. The number of hydrogen-bond donors (Lipinski definition) is 2. The molecular formula is C31H53N3O4S. The molecule has 0 fully saturated rings. The minimum absolute atomic E-state index is 0.225. The van der Waals surface area contributed by atoms with Gasteiger partial charge in [0.25, 0.3) is 0 Å². The molecule has 3 amide bonds. The average Bonchev–Trinajstić information content (AvgIpc) is 2.79. The minimum atomic E-state index is -0.819. The molecule has 0 aliphatic carbocycles. The van der Waals surface area contributed by atoms with Crippen LogP contribution in [0.25, 0.3) is 0 Å². The predicted molar refractivity (Wildman–Crippen MR) is 163 cm³/mol. The number of thioether (sulfide) groups is 1. The van der Waals surface area contributed by atoms with Gasteiger partial charge in [-0.15, -0.1) is 0 Å². The SMILES string of the molecule is CCCCCCCN(C(=O)C(CCSC)NC(=O)OC(C)(C)C)C(C(=O)NC(C)(C)C)c1ccc(C)cc1C. The van der Waals surface area contributed by atoms with E-state index in [2.05, 4.69) is 17.6 Å². The molecule has 0 bridgehead atoms. The van der Waals surface area contributed by atoms with Crippen LogP contribution in [0.3, 0.4) is 0 Å². The quantitative estimate of drug-likeness (QED) is 0.246. The van der Waals surface area contributed by atoms with Crippen molar-refractivity contribution in [1.82, 2.24) is 15.5 Å². The summed E-state index contributed by atoms with van der Waals surface area (Å²) in [5.74, 6) is 0.190. The van der Waals surface area contributed by atoms with Gasteiger partial charge in [-0.3, -0.25) is 9.59 Å². The topological polar surface area (TPSA) is 87.7 Å². The number of benzene rings is 1. The van der Waals surface area contributed by atoms with Crippen LogP contribution >= 0.6 is 11.8 Å². The molecule has 2 N–H and O–H groups in total. The van der Waals surface area contributed by atoms with Crippen LogP contribution in [-0.2, 0) is 14.3 Å². The fraction of sp³-hybridized carbons (Fsp3) is 0.710. The van der Waals surface area contributed by atoms with E-state index >= 15 is 0 Å². The van der Waals surface area contributed by atoms with E-state index in [1.54, 1.807) is 37.4 Å². The lowest BCUT2D eigenvalue weighted by molar-refractivity contribution is -0.143. The summed E-state index contributed by atoms with van der Waals surface area (Å²) in [5, 5.41) is 5.93. The highest BCUT2D eigenvalue weighted by molar-refractivity contribution is 7.98. The first kappa shape index (κ1) is 34.8. The monoisotopic (exact) mass is 563 g/mol. The van der Waals surface area contributed by atoms with Gasteiger partial charge in [0.2, 0.25) is 11.8 Å². The summed E-state index contributed by atoms with van der Waals surface area (Å²) in [7, 11) is 0. The van der Waals surface area contributed by atoms with Crippen LogP contribution in [0.15, 0.2) is 18.2 Å². The molecule has 0 saturated heterocycles. The standard InChI is InChI=1S/C31H53N3O4S/c1-11-12-13-14-15-19-34(28(36)25(18-20-39-10)32-29(37)38-31(7,8)9)26(27(35)33-30(4,5)6)24-17-16-22(2)21-23(24)3/h16-17,21,25-26H,11-15,18-20H2,1-10H3,(H,32,37)(H,33,35). The maximum atomic E-state index is 14.3. The molecule has 1 rings (SSSR count). The Kier molecular flexibility index (Phi) is 14.4. The normalized spacial score (nSPS) is 13.4. The number of nitrogens with zero attached hydrogens (tertiary/aromatic N) is 1. The molecule has 0 saturated carbocycles. The third-order valence-corrected chi connectivity index (χ3v) is 6.81. The van der Waals surface area contributed by atoms with Crippen molar-refractivity contribution >= 4 is 29.7 Å². The van der Waals surface area contributed by atoms with Gasteiger partial charge in [-0.1, -0.05) is 56.4 Å². The Morgan fingerprint density at radius 2 is 1.64 bits per heavy atom. The number of rotatable bonds is 14. The third kappa shape index (κ3) is 13.1. The largest absolute Gasteiger partial charge is 0.444 e. The van der Waals surface area contributed by atoms with Gasteiger partial charge >= 0.3 is 6.09 Å². The highest BCUT2D eigenvalue weighted by Gasteiger charge is 2.37. The van der Waals surface area contributed by atoms with Crippen molar-refractivity contribution in [2.45, 2.75) is 124 Å². The second-order valence-corrected chi connectivity index (χ2v) is 13.4. The number of carbonyl (C=O) groups excluding carboxylic acids is 3. The molecule has 222 valence electrons. The van der Waals surface area contributed by atoms with E-state index in [4.69, 9.17) is 4.74 Å². The first-order chi connectivity index (χ1) is 18.1. The Labute approximate surface area is 241 Å². The Balaban J connectivity index is 3.55. The van der Waals surface area contributed by atoms with Crippen LogP contribution in [0.2, 0.25) is 0 Å². The zero-order valence-electron chi connectivity index (χ0n) is 26.0. The van der Waals surface area contributed by atoms with Crippen molar-refractivity contribution < 1.29 is 19.1 Å². The predicted octanol–water partition coefficient (Wildman–Crippen LogP) is 6.70. The van der Waals surface area contributed by atoms with Gasteiger partial charge in [0.05, 0.1) is 0 Å². The van der Waals surface area contributed by atoms with Gasteiger partial charge < -0.3 is 20.3 Å². The molecule has 8 heteroatoms. The van der Waals surface area contributed by atoms with Crippen LogP contribution in [0.4, 0.5) is 4.79 Å². The summed E-state index contributed by atoms with van der Waals surface area (Å²) in [5.41, 5.74) is 1.67. The van der Waals surface area contributed by atoms with Crippen LogP contribution in [0.5, 0.6) is 0 Å². The maximum absolute atomic E-state index is 14.3. The molecule has 39 heavy (non-hydrogen) atoms. The fourth-order valence-corrected chi connectivity index (χ4v) is 4.89. The molecule has 1 aromatic rings. The van der Waals surface area contributed by atoms with E-state index in [9.17, 15) is 14.4 Å². The number of alkyl carbamates (subject to hydrolysis) is 1. The molecule has 0 radical (unpaired) electrons. The number of amides is 3. The van der Waals surface area contributed by atoms with Crippen LogP contribution in [-0.4, -0.2) is 58.5 Å². The van der Waals surface area contributed by atoms with E-state index in [1.165, 1.54) is 0 Å². The van der Waals surface area contributed by atoms with Crippen molar-refractivity contribution in [2.24, 2.45) is 0 Å². The fourth-order valence-electron chi connectivity index (χ4n) is 4.42. The van der Waals surface area contributed by atoms with Crippen LogP contribution < -0.4 is 10.6 Å². The van der Waals surface area contributed by atoms with E-state index in [1.807, 2.05) is 59.1 Å². The van der Waals surface area contributed by atoms with Crippen molar-refractivity contribution in [3.8, 4) is 0 Å². The van der Waals surface area contributed by atoms with Crippen molar-refractivity contribution in [3.63, 3.8) is 0 Å². The van der Waals surface area contributed by atoms with E-state index < -0.39 is 29.3 Å². The van der Waals surface area contributed by atoms with Crippen molar-refractivity contribution in [2.75, 3.05) is 18.6 Å². The highest BCUT2D eigenvalue weighted by Crippen LogP contribution is 2.28. The zero-order valence-corrected chi connectivity index (χ0v) is 26.8. The average molecular weight is 564 g/mol. The summed E-state index contributed by atoms with van der Waals surface area (Å²) in [4.78, 5) is 42.6. The van der Waals surface area contributed by atoms with Gasteiger partial charge in [-0.05, 0) is 91.4 Å². The van der Waals surface area contributed by atoms with E-state index in [0.717, 1.165) is 48.8 Å². The van der Waals surface area contributed by atoms with Crippen LogP contribution in [0.1, 0.15) is 110 Å². The van der Waals surface area contributed by atoms with Crippen LogP contribution in [0, 0.1) is 13.8 Å². The Morgan fingerprint density at radius 3 is 2.18 bits per heavy atom. The first-order valence-corrected chi connectivity index (χ1v) is 15.7. The Morgan fingerprint density at radius 1 is 1.00 bits per heavy atom. The highest BCUT2D eigenvalue weighted by atomic mass is 32.2. The summed E-state index contributed by atoms with van der Waals surface area (Å²) in [6.45, 7) is 17.8. The summed E-state index contributed by atoms with van der Waals surface area (Å²) < 4.78 is 5.49. The second-order valence-electron chi connectivity index (χ2n) is 12.4. The smallest absolute Gasteiger partial charge is 0.408 e. The number of carbonyl (C=O) groups is 3. The van der Waals surface area contributed by atoms with Gasteiger partial charge in [-0.25, -0.2) is 4.79 Å². The molecule has 2 atom stereocenters. The molecule has 0 aliphatic rings. The van der Waals surface area contributed by atoms with E-state index in [0.29, 0.717) is 18.7 Å². The molecule has 7 nitrogen and oxygen atoms in total. The Bertz CT molecular complexity index is 937. The molecule has 0 spiro atoms. The number of unbranched alkanes of at least 4 members (excludes halogenated alkanes) is 4. The lowest BCUT2D eigenvalue weighted by Gasteiger charge is -2.36. The van der Waals surface area contributed by atoms with Gasteiger partial charge in [-0.2, -0.15) is 11.8 Å². The molecular weight excluding hydrogens is 510 g/mol. The lowest BCUT2D eigenvalue weighted by Crippen LogP contribution is -2.55. The number of nitrogens with one attached hydrogen (secondary N) is 2. The molecule has 0 aromatic heterocycles. The lowest BCUT2D eigenvalue weighted by atomic mass is 9.95. The van der Waals surface area contributed by atoms with Gasteiger partial charge in [0.1, 0.15) is 17.7 Å². The number of hydrogen-bond acceptors (Lipinski definition) is 5. The molecule has 0 heterocycles. The van der Waals surface area contributed by atoms with Crippen molar-refractivity contribution in [3.05, 3.63) is 34.9 Å². The summed E-state index contributed by atoms with van der Waals surface area (Å²) in [6, 6.07) is 4.35. The third-order valence-electron chi connectivity index (χ3n) is 6.16. The van der Waals surface area contributed by atoms with Gasteiger partial charge in [0, 0.05) is 12.1 Å². The molecule has 2 unspecified atom stereocenters. The number of ether oxygens (including phenoxy) is 1. The second kappa shape index (κ2) is 16.1. The van der Waals surface area contributed by atoms with Crippen molar-refractivity contribution in [1.29, 1.82) is 0 Å². The summed E-state index contributed by atoms with van der Waals surface area (Å²) in [6.07, 6.45) is 6.85. The number of aryl methyl sites for hydroxylation is 2. The van der Waals surface area contributed by atoms with E-state index in [-0.39, 0.29) is 11.8 Å². The molecule has 0 aliphatic heterocycles. The minimum Gasteiger partial charge on any atom is -0.444 e. The Hall–Kier alpha value is -2.22. The van der Waals surface area contributed by atoms with Gasteiger partial charge in [0.15, 0.2) is 0 Å².